The second-order valence-electron chi connectivity index (χ2n) is 3.90. The van der Waals surface area contributed by atoms with E-state index in [4.69, 9.17) is 14.7 Å². The zero-order valence-corrected chi connectivity index (χ0v) is 10.3. The fourth-order valence-electron chi connectivity index (χ4n) is 1.58. The highest BCUT2D eigenvalue weighted by atomic mass is 16.5. The van der Waals surface area contributed by atoms with Gasteiger partial charge < -0.3 is 14.6 Å². The fourth-order valence-corrected chi connectivity index (χ4v) is 1.58. The zero-order chi connectivity index (χ0) is 12.8. The molecule has 2 atom stereocenters. The van der Waals surface area contributed by atoms with E-state index < -0.39 is 6.10 Å². The number of methoxy groups -OCH3 is 2. The van der Waals surface area contributed by atoms with Crippen LogP contribution in [0.15, 0.2) is 18.2 Å². The van der Waals surface area contributed by atoms with Crippen molar-refractivity contribution in [3.63, 3.8) is 0 Å². The van der Waals surface area contributed by atoms with E-state index in [0.717, 1.165) is 5.56 Å². The molecule has 0 aliphatic carbocycles. The second kappa shape index (κ2) is 6.12. The standard InChI is InChI=1S/C13H17NO3/c1-9(8-14)6-11(15)10-4-5-12(16-2)13(7-10)17-3/h4-5,7,9,11,15H,6H2,1-3H3. The Kier molecular flexibility index (Phi) is 4.80. The van der Waals surface area contributed by atoms with Crippen LogP contribution in [0.4, 0.5) is 0 Å². The highest BCUT2D eigenvalue weighted by Crippen LogP contribution is 2.31. The quantitative estimate of drug-likeness (QED) is 0.850. The van der Waals surface area contributed by atoms with Gasteiger partial charge in [-0.2, -0.15) is 5.26 Å². The van der Waals surface area contributed by atoms with Crippen LogP contribution >= 0.6 is 0 Å². The predicted molar refractivity (Wildman–Crippen MR) is 63.9 cm³/mol. The number of benzene rings is 1. The zero-order valence-electron chi connectivity index (χ0n) is 10.3. The molecule has 17 heavy (non-hydrogen) atoms. The first-order valence-electron chi connectivity index (χ1n) is 5.42. The molecule has 0 aliphatic heterocycles. The number of hydrogen-bond donors (Lipinski definition) is 1. The van der Waals surface area contributed by atoms with Crippen molar-refractivity contribution in [1.29, 1.82) is 5.26 Å². The third-order valence-electron chi connectivity index (χ3n) is 2.59. The number of aliphatic hydroxyl groups is 1. The van der Waals surface area contributed by atoms with Gasteiger partial charge in [-0.25, -0.2) is 0 Å². The fraction of sp³-hybridized carbons (Fsp3) is 0.462. The molecule has 0 aromatic heterocycles. The van der Waals surface area contributed by atoms with Gasteiger partial charge in [-0.1, -0.05) is 6.07 Å². The van der Waals surface area contributed by atoms with Gasteiger partial charge in [0.05, 0.1) is 26.4 Å². The van der Waals surface area contributed by atoms with E-state index in [9.17, 15) is 5.11 Å². The maximum atomic E-state index is 9.96. The molecule has 0 saturated heterocycles. The van der Waals surface area contributed by atoms with Crippen molar-refractivity contribution in [2.45, 2.75) is 19.4 Å². The van der Waals surface area contributed by atoms with E-state index in [2.05, 4.69) is 6.07 Å². The molecule has 0 spiro atoms. The summed E-state index contributed by atoms with van der Waals surface area (Å²) >= 11 is 0. The normalized spacial score (nSPS) is 13.6. The topological polar surface area (TPSA) is 62.5 Å². The van der Waals surface area contributed by atoms with E-state index in [-0.39, 0.29) is 5.92 Å². The largest absolute Gasteiger partial charge is 0.493 e. The van der Waals surface area contributed by atoms with Crippen molar-refractivity contribution in [2.75, 3.05) is 14.2 Å². The van der Waals surface area contributed by atoms with Crippen molar-refractivity contribution in [3.8, 4) is 17.6 Å². The lowest BCUT2D eigenvalue weighted by atomic mass is 9.99. The van der Waals surface area contributed by atoms with Crippen LogP contribution in [-0.4, -0.2) is 19.3 Å². The first kappa shape index (κ1) is 13.3. The molecule has 1 aromatic carbocycles. The molecular formula is C13H17NO3. The molecule has 1 rings (SSSR count). The molecule has 0 radical (unpaired) electrons. The third-order valence-corrected chi connectivity index (χ3v) is 2.59. The number of aliphatic hydroxyl groups excluding tert-OH is 1. The van der Waals surface area contributed by atoms with E-state index in [1.807, 2.05) is 0 Å². The lowest BCUT2D eigenvalue weighted by molar-refractivity contribution is 0.156. The van der Waals surface area contributed by atoms with Gasteiger partial charge in [-0.3, -0.25) is 0 Å². The monoisotopic (exact) mass is 235 g/mol. The average Bonchev–Trinajstić information content (AvgIpc) is 2.37. The molecule has 0 fully saturated rings. The van der Waals surface area contributed by atoms with Crippen molar-refractivity contribution < 1.29 is 14.6 Å². The number of nitriles is 1. The molecular weight excluding hydrogens is 218 g/mol. The number of ether oxygens (including phenoxy) is 2. The number of hydrogen-bond acceptors (Lipinski definition) is 4. The van der Waals surface area contributed by atoms with Crippen LogP contribution in [0.5, 0.6) is 11.5 Å². The highest BCUT2D eigenvalue weighted by Gasteiger charge is 2.14. The van der Waals surface area contributed by atoms with Gasteiger partial charge in [-0.15, -0.1) is 0 Å². The van der Waals surface area contributed by atoms with Crippen LogP contribution in [0.3, 0.4) is 0 Å². The van der Waals surface area contributed by atoms with Gasteiger partial charge in [0, 0.05) is 5.92 Å². The summed E-state index contributed by atoms with van der Waals surface area (Å²) in [4.78, 5) is 0. The summed E-state index contributed by atoms with van der Waals surface area (Å²) in [5.74, 6) is 1.02. The summed E-state index contributed by atoms with van der Waals surface area (Å²) in [5, 5.41) is 18.7. The minimum Gasteiger partial charge on any atom is -0.493 e. The van der Waals surface area contributed by atoms with Crippen molar-refractivity contribution in [1.82, 2.24) is 0 Å². The van der Waals surface area contributed by atoms with Gasteiger partial charge in [0.1, 0.15) is 0 Å². The Hall–Kier alpha value is -1.73. The van der Waals surface area contributed by atoms with Crippen LogP contribution in [0, 0.1) is 17.2 Å². The van der Waals surface area contributed by atoms with Gasteiger partial charge >= 0.3 is 0 Å². The van der Waals surface area contributed by atoms with Crippen molar-refractivity contribution in [2.24, 2.45) is 5.92 Å². The van der Waals surface area contributed by atoms with Gasteiger partial charge in [0.15, 0.2) is 11.5 Å². The smallest absolute Gasteiger partial charge is 0.161 e. The van der Waals surface area contributed by atoms with Crippen LogP contribution in [-0.2, 0) is 0 Å². The predicted octanol–water partition coefficient (Wildman–Crippen LogP) is 2.29. The van der Waals surface area contributed by atoms with Crippen LogP contribution < -0.4 is 9.47 Å². The Morgan fingerprint density at radius 2 is 1.94 bits per heavy atom. The Bertz CT molecular complexity index is 412. The molecule has 0 bridgehead atoms. The van der Waals surface area contributed by atoms with Crippen LogP contribution in [0.25, 0.3) is 0 Å². The van der Waals surface area contributed by atoms with E-state index in [0.29, 0.717) is 17.9 Å². The van der Waals surface area contributed by atoms with Crippen LogP contribution in [0.2, 0.25) is 0 Å². The molecule has 1 aromatic rings. The first-order valence-corrected chi connectivity index (χ1v) is 5.42. The molecule has 0 saturated carbocycles. The third kappa shape index (κ3) is 3.36. The van der Waals surface area contributed by atoms with E-state index in [1.165, 1.54) is 0 Å². The summed E-state index contributed by atoms with van der Waals surface area (Å²) in [7, 11) is 3.11. The first-order chi connectivity index (χ1) is 8.12. The summed E-state index contributed by atoms with van der Waals surface area (Å²) in [6, 6.07) is 7.35. The maximum absolute atomic E-state index is 9.96. The Labute approximate surface area is 101 Å². The summed E-state index contributed by atoms with van der Waals surface area (Å²) in [5.41, 5.74) is 0.727. The van der Waals surface area contributed by atoms with Crippen molar-refractivity contribution >= 4 is 0 Å². The average molecular weight is 235 g/mol. The molecule has 92 valence electrons. The number of nitrogens with zero attached hydrogens (tertiary/aromatic N) is 1. The molecule has 0 heterocycles. The van der Waals surface area contributed by atoms with Gasteiger partial charge in [0.2, 0.25) is 0 Å². The molecule has 2 unspecified atom stereocenters. The number of rotatable bonds is 5. The Morgan fingerprint density at radius 3 is 2.47 bits per heavy atom. The van der Waals surface area contributed by atoms with Gasteiger partial charge in [-0.05, 0) is 31.0 Å². The van der Waals surface area contributed by atoms with Gasteiger partial charge in [0.25, 0.3) is 0 Å². The minimum absolute atomic E-state index is 0.182. The Balaban J connectivity index is 2.88. The second-order valence-corrected chi connectivity index (χ2v) is 3.90. The molecule has 4 heteroatoms. The molecule has 1 N–H and O–H groups in total. The van der Waals surface area contributed by atoms with Crippen molar-refractivity contribution in [3.05, 3.63) is 23.8 Å². The molecule has 0 amide bonds. The van der Waals surface area contributed by atoms with E-state index >= 15 is 0 Å². The summed E-state index contributed by atoms with van der Waals surface area (Å²) in [6.45, 7) is 1.78. The maximum Gasteiger partial charge on any atom is 0.161 e. The molecule has 0 aliphatic rings. The lowest BCUT2D eigenvalue weighted by Gasteiger charge is -2.14. The minimum atomic E-state index is -0.663. The van der Waals surface area contributed by atoms with E-state index in [1.54, 1.807) is 39.3 Å². The lowest BCUT2D eigenvalue weighted by Crippen LogP contribution is -2.03. The SMILES string of the molecule is COc1ccc(C(O)CC(C)C#N)cc1OC. The molecule has 4 nitrogen and oxygen atoms in total. The van der Waals surface area contributed by atoms with Crippen LogP contribution in [0.1, 0.15) is 25.0 Å². The highest BCUT2D eigenvalue weighted by molar-refractivity contribution is 5.43. The Morgan fingerprint density at radius 1 is 1.29 bits per heavy atom. The summed E-state index contributed by atoms with van der Waals surface area (Å²) < 4.78 is 10.3. The summed E-state index contributed by atoms with van der Waals surface area (Å²) in [6.07, 6.45) is -0.254.